The van der Waals surface area contributed by atoms with Gasteiger partial charge in [-0.1, -0.05) is 19.1 Å². The number of carbonyl (C=O) groups excluding carboxylic acids is 3. The molecule has 31 heavy (non-hydrogen) atoms. The number of amides is 3. The fourth-order valence-electron chi connectivity index (χ4n) is 3.55. The van der Waals surface area contributed by atoms with Gasteiger partial charge in [0.1, 0.15) is 5.75 Å². The molecule has 1 saturated heterocycles. The number of hydrogen-bond donors (Lipinski definition) is 2. The monoisotopic (exact) mass is 432 g/mol. The molecule has 0 saturated carbocycles. The van der Waals surface area contributed by atoms with Crippen molar-refractivity contribution in [2.75, 3.05) is 11.9 Å². The molecule has 1 aliphatic heterocycles. The summed E-state index contributed by atoms with van der Waals surface area (Å²) in [4.78, 5) is 42.1. The number of rotatable bonds is 5. The number of aromatic nitrogens is 1. The highest BCUT2D eigenvalue weighted by molar-refractivity contribution is 6.39. The molecular formula is C21H22F2N4O4. The first-order valence-corrected chi connectivity index (χ1v) is 9.66. The second kappa shape index (κ2) is 9.50. The van der Waals surface area contributed by atoms with Gasteiger partial charge in [-0.25, -0.2) is 0 Å². The molecule has 8 nitrogen and oxygen atoms in total. The summed E-state index contributed by atoms with van der Waals surface area (Å²) in [5.74, 6) is -2.12. The average molecular weight is 432 g/mol. The maximum Gasteiger partial charge on any atom is 0.387 e. The number of benzene rings is 1. The second-order valence-electron chi connectivity index (χ2n) is 7.38. The lowest BCUT2D eigenvalue weighted by molar-refractivity contribution is -0.146. The molecular weight excluding hydrogens is 410 g/mol. The quantitative estimate of drug-likeness (QED) is 0.705. The Balaban J connectivity index is 1.77. The SMILES string of the molecule is C[C@H]1CC[C@H](c2ccc(OC(F)F)cc2)N(C(=O)C(=O)Nc2cncc(C(N)=O)c2)C1. The van der Waals surface area contributed by atoms with Crippen molar-refractivity contribution >= 4 is 23.4 Å². The number of anilines is 1. The van der Waals surface area contributed by atoms with E-state index in [-0.39, 0.29) is 29.0 Å². The van der Waals surface area contributed by atoms with Gasteiger partial charge in [-0.05, 0) is 42.5 Å². The van der Waals surface area contributed by atoms with Gasteiger partial charge in [0.25, 0.3) is 0 Å². The third-order valence-corrected chi connectivity index (χ3v) is 5.04. The average Bonchev–Trinajstić information content (AvgIpc) is 2.73. The number of carbonyl (C=O) groups is 3. The van der Waals surface area contributed by atoms with Crippen LogP contribution in [-0.2, 0) is 9.59 Å². The van der Waals surface area contributed by atoms with Gasteiger partial charge in [-0.3, -0.25) is 19.4 Å². The first-order chi connectivity index (χ1) is 14.7. The lowest BCUT2D eigenvalue weighted by Gasteiger charge is -2.38. The van der Waals surface area contributed by atoms with E-state index in [0.29, 0.717) is 18.5 Å². The Labute approximate surface area is 177 Å². The van der Waals surface area contributed by atoms with Crippen molar-refractivity contribution in [3.63, 3.8) is 0 Å². The van der Waals surface area contributed by atoms with E-state index in [1.165, 1.54) is 35.5 Å². The van der Waals surface area contributed by atoms with Crippen LogP contribution in [0.4, 0.5) is 14.5 Å². The number of likely N-dealkylation sites (tertiary alicyclic amines) is 1. The molecule has 2 heterocycles. The molecule has 0 spiro atoms. The van der Waals surface area contributed by atoms with Crippen LogP contribution in [0, 0.1) is 5.92 Å². The maximum atomic E-state index is 12.9. The summed E-state index contributed by atoms with van der Waals surface area (Å²) in [7, 11) is 0. The number of pyridine rings is 1. The van der Waals surface area contributed by atoms with Crippen LogP contribution < -0.4 is 15.8 Å². The van der Waals surface area contributed by atoms with Gasteiger partial charge in [-0.15, -0.1) is 0 Å². The predicted octanol–water partition coefficient (Wildman–Crippen LogP) is 2.72. The summed E-state index contributed by atoms with van der Waals surface area (Å²) in [5, 5.41) is 2.45. The van der Waals surface area contributed by atoms with E-state index < -0.39 is 24.3 Å². The number of alkyl halides is 2. The van der Waals surface area contributed by atoms with E-state index in [9.17, 15) is 23.2 Å². The molecule has 1 fully saturated rings. The zero-order chi connectivity index (χ0) is 22.5. The lowest BCUT2D eigenvalue weighted by Crippen LogP contribution is -2.46. The first kappa shape index (κ1) is 22.1. The topological polar surface area (TPSA) is 115 Å². The predicted molar refractivity (Wildman–Crippen MR) is 107 cm³/mol. The molecule has 0 unspecified atom stereocenters. The first-order valence-electron chi connectivity index (χ1n) is 9.66. The summed E-state index contributed by atoms with van der Waals surface area (Å²) in [6, 6.07) is 6.98. The van der Waals surface area contributed by atoms with Gasteiger partial charge in [0, 0.05) is 12.7 Å². The Morgan fingerprint density at radius 2 is 1.90 bits per heavy atom. The van der Waals surface area contributed by atoms with Crippen LogP contribution in [-0.4, -0.2) is 40.8 Å². The van der Waals surface area contributed by atoms with Gasteiger partial charge in [0.2, 0.25) is 5.91 Å². The van der Waals surface area contributed by atoms with Crippen LogP contribution in [0.5, 0.6) is 5.75 Å². The van der Waals surface area contributed by atoms with E-state index in [1.807, 2.05) is 6.92 Å². The zero-order valence-corrected chi connectivity index (χ0v) is 16.8. The third-order valence-electron chi connectivity index (χ3n) is 5.04. The molecule has 1 aromatic carbocycles. The standard InChI is InChI=1S/C21H22F2N4O4/c1-12-2-7-17(13-3-5-16(6-4-13)31-21(22)23)27(11-12)20(30)19(29)26-15-8-14(18(24)28)9-25-10-15/h3-6,8-10,12,17,21H,2,7,11H2,1H3,(H2,24,28)(H,26,29)/t12-,17+/m0/s1. The molecule has 3 amide bonds. The smallest absolute Gasteiger partial charge is 0.387 e. The highest BCUT2D eigenvalue weighted by atomic mass is 19.3. The van der Waals surface area contributed by atoms with E-state index >= 15 is 0 Å². The van der Waals surface area contributed by atoms with Crippen LogP contribution >= 0.6 is 0 Å². The van der Waals surface area contributed by atoms with Crippen LogP contribution in [0.2, 0.25) is 0 Å². The fourth-order valence-corrected chi connectivity index (χ4v) is 3.55. The highest BCUT2D eigenvalue weighted by Crippen LogP contribution is 2.34. The summed E-state index contributed by atoms with van der Waals surface area (Å²) < 4.78 is 29.1. The number of nitrogens with one attached hydrogen (secondary N) is 1. The highest BCUT2D eigenvalue weighted by Gasteiger charge is 2.34. The van der Waals surface area contributed by atoms with Crippen molar-refractivity contribution in [1.82, 2.24) is 9.88 Å². The Kier molecular flexibility index (Phi) is 6.78. The van der Waals surface area contributed by atoms with Gasteiger partial charge in [0.15, 0.2) is 0 Å². The summed E-state index contributed by atoms with van der Waals surface area (Å²) in [6.07, 6.45) is 4.02. The molecule has 3 N–H and O–H groups in total. The Morgan fingerprint density at radius 1 is 1.19 bits per heavy atom. The van der Waals surface area contributed by atoms with Gasteiger partial charge in [0.05, 0.1) is 23.5 Å². The molecule has 0 bridgehead atoms. The van der Waals surface area contributed by atoms with Crippen molar-refractivity contribution in [1.29, 1.82) is 0 Å². The third kappa shape index (κ3) is 5.53. The normalized spacial score (nSPS) is 18.5. The number of piperidine rings is 1. The Hall–Kier alpha value is -3.56. The van der Waals surface area contributed by atoms with E-state index in [1.54, 1.807) is 12.1 Å². The minimum absolute atomic E-state index is 0.0142. The molecule has 2 aromatic rings. The molecule has 0 aliphatic carbocycles. The molecule has 164 valence electrons. The number of hydrogen-bond acceptors (Lipinski definition) is 5. The van der Waals surface area contributed by atoms with Crippen LogP contribution in [0.15, 0.2) is 42.7 Å². The molecule has 1 aromatic heterocycles. The van der Waals surface area contributed by atoms with Gasteiger partial charge in [-0.2, -0.15) is 8.78 Å². The van der Waals surface area contributed by atoms with Crippen LogP contribution in [0.3, 0.4) is 0 Å². The van der Waals surface area contributed by atoms with Crippen molar-refractivity contribution in [3.05, 3.63) is 53.9 Å². The van der Waals surface area contributed by atoms with Crippen molar-refractivity contribution in [2.45, 2.75) is 32.4 Å². The largest absolute Gasteiger partial charge is 0.435 e. The lowest BCUT2D eigenvalue weighted by atomic mass is 9.89. The molecule has 1 aliphatic rings. The number of nitrogens with two attached hydrogens (primary N) is 1. The number of halogens is 2. The molecule has 0 radical (unpaired) electrons. The summed E-state index contributed by atoms with van der Waals surface area (Å²) >= 11 is 0. The van der Waals surface area contributed by atoms with E-state index in [2.05, 4.69) is 15.0 Å². The second-order valence-corrected chi connectivity index (χ2v) is 7.38. The van der Waals surface area contributed by atoms with Gasteiger partial charge >= 0.3 is 18.4 Å². The van der Waals surface area contributed by atoms with Crippen LogP contribution in [0.25, 0.3) is 0 Å². The Morgan fingerprint density at radius 3 is 2.55 bits per heavy atom. The zero-order valence-electron chi connectivity index (χ0n) is 16.8. The van der Waals surface area contributed by atoms with Gasteiger partial charge < -0.3 is 20.7 Å². The number of ether oxygens (including phenoxy) is 1. The maximum absolute atomic E-state index is 12.9. The van der Waals surface area contributed by atoms with Crippen LogP contribution in [0.1, 0.15) is 41.7 Å². The van der Waals surface area contributed by atoms with Crippen molar-refractivity contribution < 1.29 is 27.9 Å². The Bertz CT molecular complexity index is 968. The number of nitrogens with zero attached hydrogens (tertiary/aromatic N) is 2. The summed E-state index contributed by atoms with van der Waals surface area (Å²) in [6.45, 7) is -0.578. The minimum Gasteiger partial charge on any atom is -0.435 e. The van der Waals surface area contributed by atoms with Crippen molar-refractivity contribution in [3.8, 4) is 5.75 Å². The molecule has 10 heteroatoms. The minimum atomic E-state index is -2.93. The molecule has 2 atom stereocenters. The number of primary amides is 1. The van der Waals surface area contributed by atoms with E-state index in [4.69, 9.17) is 5.73 Å². The fraction of sp³-hybridized carbons (Fsp3) is 0.333. The van der Waals surface area contributed by atoms with E-state index in [0.717, 1.165) is 6.42 Å². The molecule has 3 rings (SSSR count). The van der Waals surface area contributed by atoms with Crippen molar-refractivity contribution in [2.24, 2.45) is 11.7 Å². The summed E-state index contributed by atoms with van der Waals surface area (Å²) in [5.41, 5.74) is 6.19.